The minimum atomic E-state index is -0.658. The van der Waals surface area contributed by atoms with Gasteiger partial charge in [0, 0.05) is 4.47 Å². The molecule has 1 aromatic heterocycles. The van der Waals surface area contributed by atoms with Crippen molar-refractivity contribution in [2.75, 3.05) is 14.2 Å². The summed E-state index contributed by atoms with van der Waals surface area (Å²) in [5, 5.41) is 2.81. The van der Waals surface area contributed by atoms with Gasteiger partial charge in [0.1, 0.15) is 18.1 Å². The topological polar surface area (TPSA) is 107 Å². The second kappa shape index (κ2) is 10.9. The van der Waals surface area contributed by atoms with E-state index in [-0.39, 0.29) is 35.4 Å². The lowest BCUT2D eigenvalue weighted by Crippen LogP contribution is -2.30. The van der Waals surface area contributed by atoms with Gasteiger partial charge in [-0.2, -0.15) is 0 Å². The van der Waals surface area contributed by atoms with Crippen molar-refractivity contribution in [1.82, 2.24) is 10.2 Å². The lowest BCUT2D eigenvalue weighted by atomic mass is 10.1. The first kappa shape index (κ1) is 25.3. The molecule has 1 N–H and O–H groups in total. The van der Waals surface area contributed by atoms with E-state index in [1.165, 1.54) is 32.4 Å². The number of ether oxygens (including phenoxy) is 3. The number of halogens is 2. The fourth-order valence-electron chi connectivity index (χ4n) is 3.41. The third-order valence-electron chi connectivity index (χ3n) is 5.18. The molecule has 3 aromatic rings. The van der Waals surface area contributed by atoms with E-state index >= 15 is 0 Å². The number of carbonyl (C=O) groups is 3. The quantitative estimate of drug-likeness (QED) is 0.225. The maximum absolute atomic E-state index is 12.9. The molecule has 4 rings (SSSR count). The maximum atomic E-state index is 12.9. The molecule has 0 radical (unpaired) electrons. The molecule has 1 fully saturated rings. The van der Waals surface area contributed by atoms with Gasteiger partial charge in [0.15, 0.2) is 11.5 Å². The smallest absolute Gasteiger partial charge is 0.373 e. The molecule has 36 heavy (non-hydrogen) atoms. The fraction of sp³-hybridized carbons (Fsp3) is 0.160. The van der Waals surface area contributed by atoms with Crippen molar-refractivity contribution < 1.29 is 33.0 Å². The van der Waals surface area contributed by atoms with E-state index in [0.29, 0.717) is 17.1 Å². The molecule has 0 spiro atoms. The van der Waals surface area contributed by atoms with E-state index in [4.69, 9.17) is 25.5 Å². The number of carbonyl (C=O) groups excluding carboxylic acids is 3. The molecule has 9 nitrogen and oxygen atoms in total. The van der Waals surface area contributed by atoms with Crippen LogP contribution in [0.5, 0.6) is 11.5 Å². The molecule has 2 aromatic carbocycles. The second-order valence-corrected chi connectivity index (χ2v) is 8.91. The predicted molar refractivity (Wildman–Crippen MR) is 134 cm³/mol. The van der Waals surface area contributed by atoms with Crippen LogP contribution in [0.1, 0.15) is 27.4 Å². The molecule has 0 bridgehead atoms. The summed E-state index contributed by atoms with van der Waals surface area (Å²) in [6.45, 7) is 0.115. The van der Waals surface area contributed by atoms with Crippen molar-refractivity contribution in [2.24, 2.45) is 0 Å². The summed E-state index contributed by atoms with van der Waals surface area (Å²) in [5.74, 6) is -0.287. The zero-order valence-electron chi connectivity index (χ0n) is 19.2. The number of methoxy groups -OCH3 is 2. The van der Waals surface area contributed by atoms with Crippen molar-refractivity contribution >= 4 is 51.5 Å². The lowest BCUT2D eigenvalue weighted by molar-refractivity contribution is -0.123. The van der Waals surface area contributed by atoms with Gasteiger partial charge in [0.2, 0.25) is 5.76 Å². The minimum absolute atomic E-state index is 0.0282. The summed E-state index contributed by atoms with van der Waals surface area (Å²) in [5.41, 5.74) is 1.50. The number of amides is 3. The Labute approximate surface area is 219 Å². The Morgan fingerprint density at radius 1 is 1.14 bits per heavy atom. The van der Waals surface area contributed by atoms with Crippen LogP contribution in [0.15, 0.2) is 63.1 Å². The third kappa shape index (κ3) is 5.55. The lowest BCUT2D eigenvalue weighted by Gasteiger charge is -2.14. The minimum Gasteiger partial charge on any atom is -0.493 e. The first-order valence-electron chi connectivity index (χ1n) is 10.6. The SMILES string of the molecule is COC(=O)c1ccc(CN2C(=O)N/C(=C\c3cc(Cl)c(OCc4ccc(Br)cc4)c(OC)c3)C2=O)o1. The Morgan fingerprint density at radius 2 is 1.89 bits per heavy atom. The van der Waals surface area contributed by atoms with E-state index in [2.05, 4.69) is 26.0 Å². The van der Waals surface area contributed by atoms with Gasteiger partial charge in [-0.15, -0.1) is 0 Å². The first-order valence-corrected chi connectivity index (χ1v) is 11.7. The summed E-state index contributed by atoms with van der Waals surface area (Å²) in [7, 11) is 2.70. The number of urea groups is 1. The molecule has 1 saturated heterocycles. The van der Waals surface area contributed by atoms with E-state index in [1.54, 1.807) is 12.1 Å². The number of hydrogen-bond donors (Lipinski definition) is 1. The zero-order valence-corrected chi connectivity index (χ0v) is 21.5. The van der Waals surface area contributed by atoms with Gasteiger partial charge in [-0.1, -0.05) is 39.7 Å². The number of hydrogen-bond acceptors (Lipinski definition) is 7. The Balaban J connectivity index is 1.50. The van der Waals surface area contributed by atoms with E-state index in [9.17, 15) is 14.4 Å². The molecule has 0 saturated carbocycles. The van der Waals surface area contributed by atoms with Gasteiger partial charge in [0.25, 0.3) is 5.91 Å². The average molecular weight is 576 g/mol. The molecular weight excluding hydrogens is 556 g/mol. The van der Waals surface area contributed by atoms with Gasteiger partial charge in [-0.25, -0.2) is 9.59 Å². The predicted octanol–water partition coefficient (Wildman–Crippen LogP) is 5.16. The van der Waals surface area contributed by atoms with Crippen LogP contribution in [-0.2, 0) is 22.7 Å². The second-order valence-electron chi connectivity index (χ2n) is 7.59. The Bertz CT molecular complexity index is 1350. The molecule has 0 atom stereocenters. The van der Waals surface area contributed by atoms with Crippen LogP contribution in [0.4, 0.5) is 4.79 Å². The number of esters is 1. The number of benzene rings is 2. The van der Waals surface area contributed by atoms with Crippen molar-refractivity contribution in [3.05, 3.63) is 86.4 Å². The van der Waals surface area contributed by atoms with E-state index in [1.807, 2.05) is 24.3 Å². The van der Waals surface area contributed by atoms with Crippen LogP contribution in [-0.4, -0.2) is 37.0 Å². The highest BCUT2D eigenvalue weighted by atomic mass is 79.9. The van der Waals surface area contributed by atoms with Crippen LogP contribution in [0.25, 0.3) is 6.08 Å². The molecule has 1 aliphatic heterocycles. The van der Waals surface area contributed by atoms with Gasteiger partial charge < -0.3 is 23.9 Å². The van der Waals surface area contributed by atoms with Crippen molar-refractivity contribution in [1.29, 1.82) is 0 Å². The van der Waals surface area contributed by atoms with E-state index in [0.717, 1.165) is 14.9 Å². The number of rotatable bonds is 8. The number of imide groups is 1. The highest BCUT2D eigenvalue weighted by molar-refractivity contribution is 9.10. The van der Waals surface area contributed by atoms with Gasteiger partial charge >= 0.3 is 12.0 Å². The zero-order chi connectivity index (χ0) is 25.8. The van der Waals surface area contributed by atoms with Crippen LogP contribution in [0, 0.1) is 0 Å². The van der Waals surface area contributed by atoms with Gasteiger partial charge in [-0.3, -0.25) is 9.69 Å². The van der Waals surface area contributed by atoms with Crippen molar-refractivity contribution in [3.8, 4) is 11.5 Å². The number of nitrogens with one attached hydrogen (secondary N) is 1. The third-order valence-corrected chi connectivity index (χ3v) is 5.99. The molecule has 1 aliphatic rings. The number of furan rings is 1. The molecule has 11 heteroatoms. The highest BCUT2D eigenvalue weighted by Crippen LogP contribution is 2.37. The molecule has 3 amide bonds. The summed E-state index contributed by atoms with van der Waals surface area (Å²) in [6.07, 6.45) is 1.48. The van der Waals surface area contributed by atoms with E-state index < -0.39 is 17.9 Å². The molecular formula is C25H20BrClN2O7. The fourth-order valence-corrected chi connectivity index (χ4v) is 3.95. The first-order chi connectivity index (χ1) is 17.3. The molecule has 0 aliphatic carbocycles. The highest BCUT2D eigenvalue weighted by Gasteiger charge is 2.34. The Morgan fingerprint density at radius 3 is 2.58 bits per heavy atom. The Kier molecular flexibility index (Phi) is 7.66. The summed E-state index contributed by atoms with van der Waals surface area (Å²) in [4.78, 5) is 37.8. The molecule has 186 valence electrons. The van der Waals surface area contributed by atoms with Crippen molar-refractivity contribution in [2.45, 2.75) is 13.2 Å². The molecule has 0 unspecified atom stereocenters. The Hall–Kier alpha value is -3.76. The summed E-state index contributed by atoms with van der Waals surface area (Å²) < 4.78 is 22.2. The summed E-state index contributed by atoms with van der Waals surface area (Å²) in [6, 6.07) is 13.2. The van der Waals surface area contributed by atoms with Gasteiger partial charge in [0.05, 0.1) is 25.8 Å². The van der Waals surface area contributed by atoms with Crippen LogP contribution < -0.4 is 14.8 Å². The van der Waals surface area contributed by atoms with Crippen LogP contribution in [0.2, 0.25) is 5.02 Å². The monoisotopic (exact) mass is 574 g/mol. The average Bonchev–Trinajstić information content (AvgIpc) is 3.44. The standard InChI is InChI=1S/C25H20BrClN2O7/c1-33-21-11-15(9-18(27)22(21)35-13-14-3-5-16(26)6-4-14)10-19-23(30)29(25(32)28-19)12-17-7-8-20(36-17)24(31)34-2/h3-11H,12-13H2,1-2H3,(H,28,32)/b19-10-. The van der Waals surface area contributed by atoms with Crippen molar-refractivity contribution in [3.63, 3.8) is 0 Å². The van der Waals surface area contributed by atoms with Crippen LogP contribution in [0.3, 0.4) is 0 Å². The maximum Gasteiger partial charge on any atom is 0.373 e. The number of nitrogens with zero attached hydrogens (tertiary/aromatic N) is 1. The van der Waals surface area contributed by atoms with Gasteiger partial charge in [-0.05, 0) is 53.6 Å². The largest absolute Gasteiger partial charge is 0.493 e. The van der Waals surface area contributed by atoms with Crippen LogP contribution >= 0.6 is 27.5 Å². The summed E-state index contributed by atoms with van der Waals surface area (Å²) >= 11 is 9.85. The molecule has 2 heterocycles. The normalized spacial score (nSPS) is 14.2.